The monoisotopic (exact) mass is 216 g/mol. The molecule has 0 fully saturated rings. The molecule has 0 aliphatic rings. The highest BCUT2D eigenvalue weighted by atomic mass is 16.3. The lowest BCUT2D eigenvalue weighted by molar-refractivity contribution is 0.217. The van der Waals surface area contributed by atoms with Crippen molar-refractivity contribution in [2.45, 2.75) is 45.1 Å². The van der Waals surface area contributed by atoms with Gasteiger partial charge >= 0.3 is 0 Å². The molecule has 0 saturated heterocycles. The van der Waals surface area contributed by atoms with Gasteiger partial charge in [-0.25, -0.2) is 0 Å². The number of aliphatic hydroxyl groups excluding tert-OH is 1. The SMILES string of the molecule is CCCCCC[C@@H](O)C#Cc1ccccc1. The first kappa shape index (κ1) is 12.8. The van der Waals surface area contributed by atoms with E-state index in [9.17, 15) is 5.11 Å². The molecule has 0 unspecified atom stereocenters. The summed E-state index contributed by atoms with van der Waals surface area (Å²) in [5, 5.41) is 9.64. The van der Waals surface area contributed by atoms with Crippen LogP contribution in [0.15, 0.2) is 30.3 Å². The van der Waals surface area contributed by atoms with E-state index >= 15 is 0 Å². The van der Waals surface area contributed by atoms with E-state index in [2.05, 4.69) is 18.8 Å². The average molecular weight is 216 g/mol. The molecule has 1 atom stereocenters. The minimum Gasteiger partial charge on any atom is -0.380 e. The lowest BCUT2D eigenvalue weighted by Crippen LogP contribution is -2.02. The maximum absolute atomic E-state index is 9.64. The third-order valence-corrected chi connectivity index (χ3v) is 2.49. The van der Waals surface area contributed by atoms with Crippen LogP contribution in [0.5, 0.6) is 0 Å². The van der Waals surface area contributed by atoms with Crippen molar-refractivity contribution in [2.75, 3.05) is 0 Å². The predicted octanol–water partition coefficient (Wildman–Crippen LogP) is 3.37. The van der Waals surface area contributed by atoms with Crippen molar-refractivity contribution in [3.8, 4) is 11.8 Å². The van der Waals surface area contributed by atoms with Gasteiger partial charge in [-0.1, -0.05) is 56.2 Å². The molecular formula is C15H20O. The molecule has 1 heteroatoms. The van der Waals surface area contributed by atoms with Gasteiger partial charge in [-0.3, -0.25) is 0 Å². The molecule has 0 bridgehead atoms. The lowest BCUT2D eigenvalue weighted by atomic mass is 10.1. The van der Waals surface area contributed by atoms with Crippen LogP contribution < -0.4 is 0 Å². The molecule has 1 aromatic rings. The Labute approximate surface area is 98.5 Å². The van der Waals surface area contributed by atoms with Gasteiger partial charge in [0, 0.05) is 5.56 Å². The van der Waals surface area contributed by atoms with Crippen LogP contribution in [0.25, 0.3) is 0 Å². The fourth-order valence-electron chi connectivity index (χ4n) is 1.52. The second-order valence-electron chi connectivity index (χ2n) is 4.00. The normalized spacial score (nSPS) is 11.6. The Morgan fingerprint density at radius 3 is 2.56 bits per heavy atom. The van der Waals surface area contributed by atoms with E-state index in [0.29, 0.717) is 0 Å². The van der Waals surface area contributed by atoms with Crippen molar-refractivity contribution >= 4 is 0 Å². The van der Waals surface area contributed by atoms with E-state index in [1.54, 1.807) is 0 Å². The van der Waals surface area contributed by atoms with Crippen molar-refractivity contribution in [2.24, 2.45) is 0 Å². The molecule has 0 radical (unpaired) electrons. The molecule has 1 aromatic carbocycles. The molecular weight excluding hydrogens is 196 g/mol. The molecule has 1 N–H and O–H groups in total. The van der Waals surface area contributed by atoms with E-state index in [1.165, 1.54) is 19.3 Å². The topological polar surface area (TPSA) is 20.2 Å². The fourth-order valence-corrected chi connectivity index (χ4v) is 1.52. The Kier molecular flexibility index (Phi) is 6.37. The highest BCUT2D eigenvalue weighted by molar-refractivity contribution is 5.34. The Balaban J connectivity index is 2.29. The van der Waals surface area contributed by atoms with Crippen LogP contribution in [0.3, 0.4) is 0 Å². The van der Waals surface area contributed by atoms with Gasteiger partial charge in [0.05, 0.1) is 0 Å². The fraction of sp³-hybridized carbons (Fsp3) is 0.467. The summed E-state index contributed by atoms with van der Waals surface area (Å²) >= 11 is 0. The number of unbranched alkanes of at least 4 members (excludes halogenated alkanes) is 3. The second kappa shape index (κ2) is 7.96. The average Bonchev–Trinajstić information content (AvgIpc) is 2.33. The van der Waals surface area contributed by atoms with E-state index < -0.39 is 6.10 Å². The molecule has 0 saturated carbocycles. The zero-order chi connectivity index (χ0) is 11.6. The van der Waals surface area contributed by atoms with Gasteiger partial charge in [0.1, 0.15) is 6.10 Å². The predicted molar refractivity (Wildman–Crippen MR) is 68.1 cm³/mol. The van der Waals surface area contributed by atoms with Crippen LogP contribution in [0.1, 0.15) is 44.6 Å². The lowest BCUT2D eigenvalue weighted by Gasteiger charge is -2.01. The molecule has 0 aliphatic heterocycles. The number of rotatable bonds is 5. The smallest absolute Gasteiger partial charge is 0.115 e. The van der Waals surface area contributed by atoms with Gasteiger partial charge in [-0.2, -0.15) is 0 Å². The molecule has 0 amide bonds. The maximum atomic E-state index is 9.64. The minimum atomic E-state index is -0.475. The highest BCUT2D eigenvalue weighted by Crippen LogP contribution is 2.05. The summed E-state index contributed by atoms with van der Waals surface area (Å²) in [5.74, 6) is 5.87. The zero-order valence-corrected chi connectivity index (χ0v) is 9.95. The molecule has 0 heterocycles. The van der Waals surface area contributed by atoms with Crippen LogP contribution in [0, 0.1) is 11.8 Å². The van der Waals surface area contributed by atoms with Crippen molar-refractivity contribution < 1.29 is 5.11 Å². The van der Waals surface area contributed by atoms with Crippen LogP contribution in [-0.4, -0.2) is 11.2 Å². The van der Waals surface area contributed by atoms with Gasteiger partial charge in [0.15, 0.2) is 0 Å². The quantitative estimate of drug-likeness (QED) is 0.591. The summed E-state index contributed by atoms with van der Waals surface area (Å²) in [7, 11) is 0. The summed E-state index contributed by atoms with van der Waals surface area (Å²) in [5.41, 5.74) is 0.968. The maximum Gasteiger partial charge on any atom is 0.115 e. The molecule has 0 spiro atoms. The minimum absolute atomic E-state index is 0.475. The van der Waals surface area contributed by atoms with Gasteiger partial charge < -0.3 is 5.11 Å². The van der Waals surface area contributed by atoms with E-state index in [0.717, 1.165) is 18.4 Å². The number of hydrogen-bond acceptors (Lipinski definition) is 1. The molecule has 0 aromatic heterocycles. The van der Waals surface area contributed by atoms with Gasteiger partial charge in [0.2, 0.25) is 0 Å². The van der Waals surface area contributed by atoms with Crippen molar-refractivity contribution in [3.63, 3.8) is 0 Å². The number of benzene rings is 1. The van der Waals surface area contributed by atoms with Crippen LogP contribution in [-0.2, 0) is 0 Å². The molecule has 86 valence electrons. The Hall–Kier alpha value is -1.26. The van der Waals surface area contributed by atoms with Crippen molar-refractivity contribution in [1.82, 2.24) is 0 Å². The first-order chi connectivity index (χ1) is 7.83. The molecule has 1 nitrogen and oxygen atoms in total. The summed E-state index contributed by atoms with van der Waals surface area (Å²) in [6, 6.07) is 9.79. The molecule has 16 heavy (non-hydrogen) atoms. The first-order valence-electron chi connectivity index (χ1n) is 6.07. The largest absolute Gasteiger partial charge is 0.380 e. The third kappa shape index (κ3) is 5.58. The summed E-state index contributed by atoms with van der Waals surface area (Å²) in [6.45, 7) is 2.19. The second-order valence-corrected chi connectivity index (χ2v) is 4.00. The first-order valence-corrected chi connectivity index (χ1v) is 6.07. The third-order valence-electron chi connectivity index (χ3n) is 2.49. The van der Waals surface area contributed by atoms with Gasteiger partial charge in [-0.05, 0) is 25.0 Å². The van der Waals surface area contributed by atoms with Crippen LogP contribution in [0.4, 0.5) is 0 Å². The highest BCUT2D eigenvalue weighted by Gasteiger charge is 1.97. The summed E-state index contributed by atoms with van der Waals surface area (Å²) < 4.78 is 0. The van der Waals surface area contributed by atoms with E-state index in [1.807, 2.05) is 30.3 Å². The Morgan fingerprint density at radius 2 is 1.88 bits per heavy atom. The van der Waals surface area contributed by atoms with Gasteiger partial charge in [0.25, 0.3) is 0 Å². The van der Waals surface area contributed by atoms with E-state index in [4.69, 9.17) is 0 Å². The van der Waals surface area contributed by atoms with Gasteiger partial charge in [-0.15, -0.1) is 0 Å². The van der Waals surface area contributed by atoms with Crippen LogP contribution >= 0.6 is 0 Å². The van der Waals surface area contributed by atoms with E-state index in [-0.39, 0.29) is 0 Å². The summed E-state index contributed by atoms with van der Waals surface area (Å²) in [6.07, 6.45) is 5.06. The zero-order valence-electron chi connectivity index (χ0n) is 9.95. The summed E-state index contributed by atoms with van der Waals surface area (Å²) in [4.78, 5) is 0. The standard InChI is InChI=1S/C15H20O/c1-2-3-4-8-11-15(16)13-12-14-9-6-5-7-10-14/h5-7,9-10,15-16H,2-4,8,11H2,1H3/t15-/m1/s1. The molecule has 1 rings (SSSR count). The van der Waals surface area contributed by atoms with Crippen LogP contribution in [0.2, 0.25) is 0 Å². The van der Waals surface area contributed by atoms with Crippen molar-refractivity contribution in [1.29, 1.82) is 0 Å². The Bertz CT molecular complexity index is 331. The number of aliphatic hydroxyl groups is 1. The molecule has 0 aliphatic carbocycles. The Morgan fingerprint density at radius 1 is 1.12 bits per heavy atom. The number of hydrogen-bond donors (Lipinski definition) is 1. The van der Waals surface area contributed by atoms with Crippen molar-refractivity contribution in [3.05, 3.63) is 35.9 Å².